The zero-order chi connectivity index (χ0) is 16.7. The minimum Gasteiger partial charge on any atom is -0.497 e. The summed E-state index contributed by atoms with van der Waals surface area (Å²) in [7, 11) is 1.55. The van der Waals surface area contributed by atoms with Crippen LogP contribution < -0.4 is 21.1 Å². The van der Waals surface area contributed by atoms with Crippen molar-refractivity contribution in [3.8, 4) is 5.75 Å². The molecule has 24 heavy (non-hydrogen) atoms. The van der Waals surface area contributed by atoms with E-state index >= 15 is 0 Å². The lowest BCUT2D eigenvalue weighted by Crippen LogP contribution is -2.57. The fourth-order valence-electron chi connectivity index (χ4n) is 2.36. The number of amides is 2. The predicted molar refractivity (Wildman–Crippen MR) is 92.6 cm³/mol. The molecule has 2 amide bonds. The number of hydrogen-bond donors (Lipinski definition) is 3. The Morgan fingerprint density at radius 1 is 1.25 bits per heavy atom. The van der Waals surface area contributed by atoms with Crippen LogP contribution in [-0.2, 0) is 9.53 Å². The number of halogens is 1. The van der Waals surface area contributed by atoms with Crippen molar-refractivity contribution in [3.63, 3.8) is 0 Å². The standard InChI is InChI=1S/C16H23N3O4.ClH/c1-22-13-4-2-3-12(11-13)14(20)18-7-8-19-15(21)16(17)5-9-23-10-6-16;/h2-4,11H,5-10,17H2,1H3,(H,18,20)(H,19,21);1H. The maximum atomic E-state index is 12.1. The highest BCUT2D eigenvalue weighted by Crippen LogP contribution is 2.17. The third-order valence-corrected chi connectivity index (χ3v) is 3.87. The minimum absolute atomic E-state index is 0. The summed E-state index contributed by atoms with van der Waals surface area (Å²) in [6.07, 6.45) is 1.02. The van der Waals surface area contributed by atoms with Crippen LogP contribution in [0, 0.1) is 0 Å². The Hall–Kier alpha value is -1.83. The highest BCUT2D eigenvalue weighted by atomic mass is 35.5. The third kappa shape index (κ3) is 5.36. The molecule has 0 aliphatic carbocycles. The number of methoxy groups -OCH3 is 1. The summed E-state index contributed by atoms with van der Waals surface area (Å²) >= 11 is 0. The number of hydrogen-bond acceptors (Lipinski definition) is 5. The molecule has 7 nitrogen and oxygen atoms in total. The first kappa shape index (κ1) is 20.2. The molecule has 1 aromatic rings. The maximum absolute atomic E-state index is 12.1. The molecule has 1 aliphatic rings. The molecule has 1 saturated heterocycles. The van der Waals surface area contributed by atoms with Gasteiger partial charge in [0.2, 0.25) is 5.91 Å². The van der Waals surface area contributed by atoms with Gasteiger partial charge in [-0.05, 0) is 31.0 Å². The summed E-state index contributed by atoms with van der Waals surface area (Å²) in [5.41, 5.74) is 5.72. The number of carbonyl (C=O) groups excluding carboxylic acids is 2. The summed E-state index contributed by atoms with van der Waals surface area (Å²) in [5.74, 6) is 0.207. The molecule has 4 N–H and O–H groups in total. The second-order valence-electron chi connectivity index (χ2n) is 5.51. The van der Waals surface area contributed by atoms with Crippen LogP contribution in [0.15, 0.2) is 24.3 Å². The average Bonchev–Trinajstić information content (AvgIpc) is 2.59. The molecular weight excluding hydrogens is 334 g/mol. The Kier molecular flexibility index (Phi) is 7.97. The van der Waals surface area contributed by atoms with Gasteiger partial charge >= 0.3 is 0 Å². The number of carbonyl (C=O) groups is 2. The second-order valence-corrected chi connectivity index (χ2v) is 5.51. The fraction of sp³-hybridized carbons (Fsp3) is 0.500. The van der Waals surface area contributed by atoms with Gasteiger partial charge in [0.05, 0.1) is 12.6 Å². The van der Waals surface area contributed by atoms with Gasteiger partial charge in [0, 0.05) is 31.9 Å². The lowest BCUT2D eigenvalue weighted by Gasteiger charge is -2.31. The molecule has 0 unspecified atom stereocenters. The molecule has 0 radical (unpaired) electrons. The van der Waals surface area contributed by atoms with Gasteiger partial charge < -0.3 is 25.8 Å². The van der Waals surface area contributed by atoms with Gasteiger partial charge in [0.1, 0.15) is 5.75 Å². The number of benzene rings is 1. The maximum Gasteiger partial charge on any atom is 0.251 e. The molecule has 0 spiro atoms. The minimum atomic E-state index is -0.866. The SMILES string of the molecule is COc1cccc(C(=O)NCCNC(=O)C2(N)CCOCC2)c1.Cl. The van der Waals surface area contributed by atoms with Crippen molar-refractivity contribution in [2.45, 2.75) is 18.4 Å². The number of rotatable bonds is 6. The van der Waals surface area contributed by atoms with Crippen LogP contribution in [0.25, 0.3) is 0 Å². The predicted octanol–water partition coefficient (Wildman–Crippen LogP) is 0.471. The first-order valence-electron chi connectivity index (χ1n) is 7.62. The Morgan fingerprint density at radius 3 is 2.58 bits per heavy atom. The molecule has 0 bridgehead atoms. The van der Waals surface area contributed by atoms with Crippen molar-refractivity contribution in [2.24, 2.45) is 5.73 Å². The van der Waals surface area contributed by atoms with E-state index in [-0.39, 0.29) is 24.2 Å². The van der Waals surface area contributed by atoms with E-state index in [0.717, 1.165) is 0 Å². The van der Waals surface area contributed by atoms with Gasteiger partial charge in [-0.25, -0.2) is 0 Å². The quantitative estimate of drug-likeness (QED) is 0.642. The molecule has 1 aromatic carbocycles. The molecule has 134 valence electrons. The third-order valence-electron chi connectivity index (χ3n) is 3.87. The average molecular weight is 358 g/mol. The Bertz CT molecular complexity index is 562. The summed E-state index contributed by atoms with van der Waals surface area (Å²) < 4.78 is 10.3. The van der Waals surface area contributed by atoms with Crippen molar-refractivity contribution >= 4 is 24.2 Å². The van der Waals surface area contributed by atoms with E-state index in [0.29, 0.717) is 50.5 Å². The van der Waals surface area contributed by atoms with Gasteiger partial charge in [0.25, 0.3) is 5.91 Å². The first-order valence-corrected chi connectivity index (χ1v) is 7.62. The van der Waals surface area contributed by atoms with Crippen molar-refractivity contribution in [2.75, 3.05) is 33.4 Å². The Labute approximate surface area is 147 Å². The van der Waals surface area contributed by atoms with Crippen molar-refractivity contribution in [1.82, 2.24) is 10.6 Å². The topological polar surface area (TPSA) is 103 Å². The molecule has 1 aliphatic heterocycles. The van der Waals surface area contributed by atoms with E-state index in [2.05, 4.69) is 10.6 Å². The monoisotopic (exact) mass is 357 g/mol. The van der Waals surface area contributed by atoms with Crippen LogP contribution >= 0.6 is 12.4 Å². The van der Waals surface area contributed by atoms with Crippen LogP contribution in [0.2, 0.25) is 0 Å². The normalized spacial score (nSPS) is 15.8. The van der Waals surface area contributed by atoms with Crippen molar-refractivity contribution in [1.29, 1.82) is 0 Å². The number of ether oxygens (including phenoxy) is 2. The Balaban J connectivity index is 0.00000288. The van der Waals surface area contributed by atoms with Crippen LogP contribution in [0.1, 0.15) is 23.2 Å². The Morgan fingerprint density at radius 2 is 1.92 bits per heavy atom. The van der Waals surface area contributed by atoms with Gasteiger partial charge in [-0.3, -0.25) is 9.59 Å². The van der Waals surface area contributed by atoms with Gasteiger partial charge in [0.15, 0.2) is 0 Å². The smallest absolute Gasteiger partial charge is 0.251 e. The van der Waals surface area contributed by atoms with E-state index in [1.165, 1.54) is 0 Å². The van der Waals surface area contributed by atoms with Gasteiger partial charge in [-0.2, -0.15) is 0 Å². The fourth-order valence-corrected chi connectivity index (χ4v) is 2.36. The molecule has 8 heteroatoms. The van der Waals surface area contributed by atoms with E-state index in [1.807, 2.05) is 0 Å². The summed E-state index contributed by atoms with van der Waals surface area (Å²) in [4.78, 5) is 24.1. The lowest BCUT2D eigenvalue weighted by molar-refractivity contribution is -0.129. The van der Waals surface area contributed by atoms with Crippen LogP contribution in [-0.4, -0.2) is 50.8 Å². The molecule has 0 saturated carbocycles. The van der Waals surface area contributed by atoms with E-state index in [1.54, 1.807) is 31.4 Å². The van der Waals surface area contributed by atoms with Crippen molar-refractivity contribution in [3.05, 3.63) is 29.8 Å². The molecular formula is C16H24ClN3O4. The molecule has 0 atom stereocenters. The van der Waals surface area contributed by atoms with Crippen LogP contribution in [0.5, 0.6) is 5.75 Å². The largest absolute Gasteiger partial charge is 0.497 e. The lowest BCUT2D eigenvalue weighted by atomic mass is 9.90. The first-order chi connectivity index (χ1) is 11.0. The van der Waals surface area contributed by atoms with Crippen molar-refractivity contribution < 1.29 is 19.1 Å². The molecule has 2 rings (SSSR count). The highest BCUT2D eigenvalue weighted by Gasteiger charge is 2.35. The van der Waals surface area contributed by atoms with E-state index < -0.39 is 5.54 Å². The number of nitrogens with two attached hydrogens (primary N) is 1. The van der Waals surface area contributed by atoms with Crippen LogP contribution in [0.4, 0.5) is 0 Å². The number of nitrogens with one attached hydrogen (secondary N) is 2. The molecule has 0 aromatic heterocycles. The zero-order valence-electron chi connectivity index (χ0n) is 13.7. The van der Waals surface area contributed by atoms with Gasteiger partial charge in [-0.15, -0.1) is 12.4 Å². The molecule has 1 fully saturated rings. The summed E-state index contributed by atoms with van der Waals surface area (Å²) in [5, 5.41) is 5.51. The van der Waals surface area contributed by atoms with E-state index in [4.69, 9.17) is 15.2 Å². The zero-order valence-corrected chi connectivity index (χ0v) is 14.5. The van der Waals surface area contributed by atoms with Crippen LogP contribution in [0.3, 0.4) is 0 Å². The van der Waals surface area contributed by atoms with E-state index in [9.17, 15) is 9.59 Å². The van der Waals surface area contributed by atoms with Gasteiger partial charge in [-0.1, -0.05) is 6.07 Å². The summed E-state index contributed by atoms with van der Waals surface area (Å²) in [6.45, 7) is 1.65. The summed E-state index contributed by atoms with van der Waals surface area (Å²) in [6, 6.07) is 6.88. The molecule has 1 heterocycles. The second kappa shape index (κ2) is 9.46. The highest BCUT2D eigenvalue weighted by molar-refractivity contribution is 5.94.